The predicted octanol–water partition coefficient (Wildman–Crippen LogP) is 3.99. The van der Waals surface area contributed by atoms with Gasteiger partial charge in [0.2, 0.25) is 5.91 Å². The van der Waals surface area contributed by atoms with E-state index in [2.05, 4.69) is 10.6 Å². The number of nitrogens with one attached hydrogen (secondary N) is 2. The van der Waals surface area contributed by atoms with Gasteiger partial charge in [-0.1, -0.05) is 30.3 Å². The Labute approximate surface area is 147 Å². The highest BCUT2D eigenvalue weighted by atomic mass is 19.1. The fourth-order valence-electron chi connectivity index (χ4n) is 2.89. The Bertz CT molecular complexity index is 700. The summed E-state index contributed by atoms with van der Waals surface area (Å²) in [5.41, 5.74) is 2.01. The molecule has 0 radical (unpaired) electrons. The van der Waals surface area contributed by atoms with E-state index >= 15 is 0 Å². The van der Waals surface area contributed by atoms with Crippen molar-refractivity contribution in [3.8, 4) is 0 Å². The molecular formula is C20H23FN2O2. The number of hydrogen-bond donors (Lipinski definition) is 2. The Kier molecular flexibility index (Phi) is 6.01. The van der Waals surface area contributed by atoms with E-state index in [0.29, 0.717) is 30.8 Å². The molecule has 25 heavy (non-hydrogen) atoms. The van der Waals surface area contributed by atoms with Crippen molar-refractivity contribution in [2.24, 2.45) is 0 Å². The molecule has 3 rings (SSSR count). The van der Waals surface area contributed by atoms with E-state index in [1.807, 2.05) is 30.3 Å². The van der Waals surface area contributed by atoms with Gasteiger partial charge >= 0.3 is 0 Å². The topological polar surface area (TPSA) is 50.4 Å². The molecule has 4 nitrogen and oxygen atoms in total. The van der Waals surface area contributed by atoms with E-state index in [1.54, 1.807) is 12.1 Å². The van der Waals surface area contributed by atoms with Gasteiger partial charge in [0.25, 0.3) is 0 Å². The molecule has 0 bridgehead atoms. The highest BCUT2D eigenvalue weighted by Crippen LogP contribution is 2.20. The minimum Gasteiger partial charge on any atom is -0.380 e. The van der Waals surface area contributed by atoms with Crippen LogP contribution in [0.1, 0.15) is 24.8 Å². The Balaban J connectivity index is 1.48. The summed E-state index contributed by atoms with van der Waals surface area (Å²) in [5, 5.41) is 5.82. The molecule has 0 saturated carbocycles. The van der Waals surface area contributed by atoms with Crippen molar-refractivity contribution in [3.63, 3.8) is 0 Å². The van der Waals surface area contributed by atoms with Gasteiger partial charge in [0.05, 0.1) is 11.8 Å². The number of carbonyl (C=O) groups is 1. The summed E-state index contributed by atoms with van der Waals surface area (Å²) in [6.45, 7) is 1.38. The Morgan fingerprint density at radius 1 is 1.20 bits per heavy atom. The zero-order valence-corrected chi connectivity index (χ0v) is 14.1. The normalized spacial score (nSPS) is 16.6. The van der Waals surface area contributed by atoms with Gasteiger partial charge in [-0.25, -0.2) is 4.39 Å². The zero-order chi connectivity index (χ0) is 17.5. The van der Waals surface area contributed by atoms with Crippen molar-refractivity contribution in [1.82, 2.24) is 0 Å². The first kappa shape index (κ1) is 17.4. The third-order valence-corrected chi connectivity index (χ3v) is 4.28. The lowest BCUT2D eigenvalue weighted by atomic mass is 10.1. The van der Waals surface area contributed by atoms with Crippen LogP contribution in [0.15, 0.2) is 48.5 Å². The first-order valence-corrected chi connectivity index (χ1v) is 8.69. The van der Waals surface area contributed by atoms with Crippen LogP contribution in [0.25, 0.3) is 0 Å². The summed E-state index contributed by atoms with van der Waals surface area (Å²) in [5.74, 6) is -0.498. The quantitative estimate of drug-likeness (QED) is 0.800. The third-order valence-electron chi connectivity index (χ3n) is 4.28. The van der Waals surface area contributed by atoms with Crippen LogP contribution in [0, 0.1) is 5.82 Å². The van der Waals surface area contributed by atoms with Crippen LogP contribution >= 0.6 is 0 Å². The van der Waals surface area contributed by atoms with E-state index in [1.165, 1.54) is 6.07 Å². The molecule has 2 aromatic carbocycles. The second-order valence-corrected chi connectivity index (χ2v) is 6.24. The molecule has 2 N–H and O–H groups in total. The van der Waals surface area contributed by atoms with Crippen molar-refractivity contribution in [3.05, 3.63) is 59.9 Å². The molecule has 0 aliphatic carbocycles. The van der Waals surface area contributed by atoms with Gasteiger partial charge in [-0.15, -0.1) is 0 Å². The Morgan fingerprint density at radius 2 is 2.04 bits per heavy atom. The van der Waals surface area contributed by atoms with Crippen molar-refractivity contribution >= 4 is 17.3 Å². The van der Waals surface area contributed by atoms with Gasteiger partial charge in [-0.2, -0.15) is 0 Å². The maximum Gasteiger partial charge on any atom is 0.224 e. The number of aryl methyl sites for hydroxylation is 1. The number of amides is 1. The molecule has 132 valence electrons. The summed E-state index contributed by atoms with van der Waals surface area (Å²) in [6, 6.07) is 14.5. The van der Waals surface area contributed by atoms with E-state index in [4.69, 9.17) is 4.74 Å². The monoisotopic (exact) mass is 342 g/mol. The predicted molar refractivity (Wildman–Crippen MR) is 97.3 cm³/mol. The molecule has 1 atom stereocenters. The molecule has 1 aliphatic heterocycles. The minimum absolute atomic E-state index is 0.122. The Morgan fingerprint density at radius 3 is 2.76 bits per heavy atom. The third kappa shape index (κ3) is 5.29. The summed E-state index contributed by atoms with van der Waals surface area (Å²) in [7, 11) is 0. The van der Waals surface area contributed by atoms with Crippen molar-refractivity contribution in [2.75, 3.05) is 23.8 Å². The highest BCUT2D eigenvalue weighted by molar-refractivity contribution is 5.91. The fraction of sp³-hybridized carbons (Fsp3) is 0.350. The summed E-state index contributed by atoms with van der Waals surface area (Å²) < 4.78 is 19.7. The maximum absolute atomic E-state index is 14.2. The molecule has 2 aromatic rings. The number of anilines is 2. The summed E-state index contributed by atoms with van der Waals surface area (Å²) >= 11 is 0. The van der Waals surface area contributed by atoms with E-state index in [0.717, 1.165) is 25.0 Å². The largest absolute Gasteiger partial charge is 0.380 e. The molecule has 0 spiro atoms. The van der Waals surface area contributed by atoms with Gasteiger partial charge in [0.1, 0.15) is 5.82 Å². The second-order valence-electron chi connectivity index (χ2n) is 6.24. The fourth-order valence-corrected chi connectivity index (χ4v) is 2.89. The lowest BCUT2D eigenvalue weighted by Crippen LogP contribution is -2.19. The number of halogens is 1. The smallest absolute Gasteiger partial charge is 0.224 e. The molecule has 1 heterocycles. The van der Waals surface area contributed by atoms with Crippen LogP contribution in [0.2, 0.25) is 0 Å². The van der Waals surface area contributed by atoms with Crippen LogP contribution in [0.4, 0.5) is 15.8 Å². The Hall–Kier alpha value is -2.40. The molecule has 1 saturated heterocycles. The van der Waals surface area contributed by atoms with Crippen LogP contribution in [-0.4, -0.2) is 25.2 Å². The van der Waals surface area contributed by atoms with Crippen LogP contribution in [0.3, 0.4) is 0 Å². The molecule has 1 unspecified atom stereocenters. The molecule has 0 aromatic heterocycles. The van der Waals surface area contributed by atoms with Crippen LogP contribution < -0.4 is 10.6 Å². The van der Waals surface area contributed by atoms with Gasteiger partial charge in [0.15, 0.2) is 0 Å². The molecule has 1 fully saturated rings. The van der Waals surface area contributed by atoms with Gasteiger partial charge in [0, 0.05) is 25.3 Å². The van der Waals surface area contributed by atoms with E-state index < -0.39 is 0 Å². The number of hydrogen-bond acceptors (Lipinski definition) is 3. The van der Waals surface area contributed by atoms with Crippen LogP contribution in [0.5, 0.6) is 0 Å². The maximum atomic E-state index is 14.2. The summed E-state index contributed by atoms with van der Waals surface area (Å²) in [4.78, 5) is 12.0. The standard InChI is InChI=1S/C20H23FN2O2/c21-18-13-16(9-10-19(18)22-14-17-7-4-12-25-17)23-20(24)11-8-15-5-2-1-3-6-15/h1-3,5-6,9-10,13,17,22H,4,7-8,11-12,14H2,(H,23,24). The van der Waals surface area contributed by atoms with Gasteiger partial charge in [-0.05, 0) is 43.0 Å². The van der Waals surface area contributed by atoms with Crippen molar-refractivity contribution in [2.45, 2.75) is 31.8 Å². The molecule has 1 amide bonds. The van der Waals surface area contributed by atoms with Gasteiger partial charge in [-0.3, -0.25) is 4.79 Å². The van der Waals surface area contributed by atoms with Crippen molar-refractivity contribution < 1.29 is 13.9 Å². The average Bonchev–Trinajstić information content (AvgIpc) is 3.14. The van der Waals surface area contributed by atoms with Crippen LogP contribution in [-0.2, 0) is 16.0 Å². The highest BCUT2D eigenvalue weighted by Gasteiger charge is 2.15. The zero-order valence-electron chi connectivity index (χ0n) is 14.1. The van der Waals surface area contributed by atoms with E-state index in [9.17, 15) is 9.18 Å². The molecule has 1 aliphatic rings. The second kappa shape index (κ2) is 8.62. The number of ether oxygens (including phenoxy) is 1. The average molecular weight is 342 g/mol. The lowest BCUT2D eigenvalue weighted by Gasteiger charge is -2.13. The molecular weight excluding hydrogens is 319 g/mol. The van der Waals surface area contributed by atoms with E-state index in [-0.39, 0.29) is 17.8 Å². The summed E-state index contributed by atoms with van der Waals surface area (Å²) in [6.07, 6.45) is 3.24. The first-order chi connectivity index (χ1) is 12.2. The minimum atomic E-state index is -0.376. The SMILES string of the molecule is O=C(CCc1ccccc1)Nc1ccc(NCC2CCCO2)c(F)c1. The number of carbonyl (C=O) groups excluding carboxylic acids is 1. The molecule has 5 heteroatoms. The van der Waals surface area contributed by atoms with Gasteiger partial charge < -0.3 is 15.4 Å². The number of benzene rings is 2. The number of rotatable bonds is 7. The first-order valence-electron chi connectivity index (χ1n) is 8.69. The lowest BCUT2D eigenvalue weighted by molar-refractivity contribution is -0.116. The van der Waals surface area contributed by atoms with Crippen molar-refractivity contribution in [1.29, 1.82) is 0 Å².